The fourth-order valence-corrected chi connectivity index (χ4v) is 1.55. The fourth-order valence-electron chi connectivity index (χ4n) is 1.55. The Morgan fingerprint density at radius 1 is 0.556 bits per heavy atom. The molecule has 2 aromatic carbocycles. The molecule has 2 aromatic rings. The van der Waals surface area contributed by atoms with E-state index in [2.05, 4.69) is 0 Å². The van der Waals surface area contributed by atoms with Crippen LogP contribution < -0.4 is 11.5 Å². The molecule has 0 unspecified atom stereocenters. The number of allylic oxidation sites excluding steroid dienone is 2. The number of hydrogen-bond donors (Lipinski definition) is 2. The van der Waals surface area contributed by atoms with Crippen molar-refractivity contribution in [1.82, 2.24) is 0 Å². The van der Waals surface area contributed by atoms with Gasteiger partial charge in [-0.1, -0.05) is 48.6 Å². The van der Waals surface area contributed by atoms with E-state index in [0.29, 0.717) is 0 Å². The SMILES string of the molecule is Nc1ccc(/C=C/C=C/c2ccc(N)cc2)cc1. The van der Waals surface area contributed by atoms with Crippen LogP contribution in [0.4, 0.5) is 11.4 Å². The van der Waals surface area contributed by atoms with E-state index in [0.717, 1.165) is 22.5 Å². The zero-order chi connectivity index (χ0) is 12.8. The summed E-state index contributed by atoms with van der Waals surface area (Å²) >= 11 is 0. The van der Waals surface area contributed by atoms with Crippen molar-refractivity contribution in [2.24, 2.45) is 0 Å². The van der Waals surface area contributed by atoms with Gasteiger partial charge in [0.1, 0.15) is 0 Å². The van der Waals surface area contributed by atoms with Crippen molar-refractivity contribution in [3.8, 4) is 0 Å². The highest BCUT2D eigenvalue weighted by Gasteiger charge is 1.86. The lowest BCUT2D eigenvalue weighted by Crippen LogP contribution is -1.82. The maximum absolute atomic E-state index is 5.62. The first-order valence-electron chi connectivity index (χ1n) is 5.80. The van der Waals surface area contributed by atoms with Crippen LogP contribution in [0.5, 0.6) is 0 Å². The molecule has 0 radical (unpaired) electrons. The molecule has 0 aromatic heterocycles. The summed E-state index contributed by atoms with van der Waals surface area (Å²) in [5.41, 5.74) is 15.1. The summed E-state index contributed by atoms with van der Waals surface area (Å²) in [6, 6.07) is 15.5. The van der Waals surface area contributed by atoms with Crippen LogP contribution in [-0.4, -0.2) is 0 Å². The smallest absolute Gasteiger partial charge is 0.0314 e. The Kier molecular flexibility index (Phi) is 3.82. The third-order valence-corrected chi connectivity index (χ3v) is 2.56. The molecular formula is C16H16N2. The fraction of sp³-hybridized carbons (Fsp3) is 0. The quantitative estimate of drug-likeness (QED) is 0.632. The van der Waals surface area contributed by atoms with Crippen LogP contribution >= 0.6 is 0 Å². The molecule has 0 aliphatic rings. The number of anilines is 2. The van der Waals surface area contributed by atoms with Crippen molar-refractivity contribution < 1.29 is 0 Å². The van der Waals surface area contributed by atoms with Crippen LogP contribution in [0, 0.1) is 0 Å². The lowest BCUT2D eigenvalue weighted by Gasteiger charge is -1.94. The summed E-state index contributed by atoms with van der Waals surface area (Å²) in [4.78, 5) is 0. The maximum atomic E-state index is 5.62. The second kappa shape index (κ2) is 5.73. The highest BCUT2D eigenvalue weighted by atomic mass is 14.5. The Balaban J connectivity index is 1.98. The minimum absolute atomic E-state index is 0.782. The molecule has 2 heteroatoms. The van der Waals surface area contributed by atoms with Crippen molar-refractivity contribution in [1.29, 1.82) is 0 Å². The molecule has 0 aliphatic heterocycles. The van der Waals surface area contributed by atoms with E-state index in [1.807, 2.05) is 72.8 Å². The molecule has 2 nitrogen and oxygen atoms in total. The summed E-state index contributed by atoms with van der Waals surface area (Å²) in [6.07, 6.45) is 8.07. The summed E-state index contributed by atoms with van der Waals surface area (Å²) in [5, 5.41) is 0. The first-order valence-corrected chi connectivity index (χ1v) is 5.80. The molecule has 0 amide bonds. The lowest BCUT2D eigenvalue weighted by atomic mass is 10.1. The number of rotatable bonds is 3. The molecule has 0 aliphatic carbocycles. The summed E-state index contributed by atoms with van der Waals surface area (Å²) < 4.78 is 0. The molecule has 18 heavy (non-hydrogen) atoms. The summed E-state index contributed by atoms with van der Waals surface area (Å²) in [6.45, 7) is 0. The molecule has 0 saturated heterocycles. The van der Waals surface area contributed by atoms with Crippen LogP contribution in [0.1, 0.15) is 11.1 Å². The first kappa shape index (κ1) is 12.0. The van der Waals surface area contributed by atoms with Crippen LogP contribution in [0.2, 0.25) is 0 Å². The second-order valence-corrected chi connectivity index (χ2v) is 4.05. The minimum atomic E-state index is 0.782. The van der Waals surface area contributed by atoms with Gasteiger partial charge >= 0.3 is 0 Å². The van der Waals surface area contributed by atoms with Crippen LogP contribution in [0.25, 0.3) is 12.2 Å². The zero-order valence-electron chi connectivity index (χ0n) is 10.1. The average molecular weight is 236 g/mol. The highest BCUT2D eigenvalue weighted by molar-refractivity contribution is 5.59. The molecule has 0 heterocycles. The number of nitrogens with two attached hydrogens (primary N) is 2. The van der Waals surface area contributed by atoms with Gasteiger partial charge < -0.3 is 11.5 Å². The topological polar surface area (TPSA) is 52.0 Å². The van der Waals surface area contributed by atoms with Crippen molar-refractivity contribution in [3.05, 3.63) is 71.8 Å². The molecule has 4 N–H and O–H groups in total. The van der Waals surface area contributed by atoms with E-state index in [-0.39, 0.29) is 0 Å². The molecular weight excluding hydrogens is 220 g/mol. The molecule has 0 bridgehead atoms. The van der Waals surface area contributed by atoms with Crippen LogP contribution in [0.3, 0.4) is 0 Å². The Morgan fingerprint density at radius 3 is 1.22 bits per heavy atom. The third kappa shape index (κ3) is 3.52. The van der Waals surface area contributed by atoms with Gasteiger partial charge in [0.25, 0.3) is 0 Å². The van der Waals surface area contributed by atoms with Gasteiger partial charge in [-0.3, -0.25) is 0 Å². The predicted octanol–water partition coefficient (Wildman–Crippen LogP) is 3.58. The molecule has 0 fully saturated rings. The monoisotopic (exact) mass is 236 g/mol. The molecule has 0 atom stereocenters. The molecule has 0 spiro atoms. The Labute approximate surface area is 107 Å². The predicted molar refractivity (Wildman–Crippen MR) is 79.8 cm³/mol. The van der Waals surface area contributed by atoms with Crippen molar-refractivity contribution >= 4 is 23.5 Å². The Hall–Kier alpha value is -2.48. The number of hydrogen-bond acceptors (Lipinski definition) is 2. The summed E-state index contributed by atoms with van der Waals surface area (Å²) in [7, 11) is 0. The van der Waals surface area contributed by atoms with Gasteiger partial charge in [0.15, 0.2) is 0 Å². The van der Waals surface area contributed by atoms with E-state index in [9.17, 15) is 0 Å². The average Bonchev–Trinajstić information content (AvgIpc) is 2.39. The van der Waals surface area contributed by atoms with Crippen molar-refractivity contribution in [2.45, 2.75) is 0 Å². The Morgan fingerprint density at radius 2 is 0.889 bits per heavy atom. The molecule has 2 rings (SSSR count). The van der Waals surface area contributed by atoms with Crippen LogP contribution in [-0.2, 0) is 0 Å². The number of benzene rings is 2. The van der Waals surface area contributed by atoms with Gasteiger partial charge in [-0.25, -0.2) is 0 Å². The standard InChI is InChI=1S/C16H16N2/c17-15-9-5-13(6-10-15)3-1-2-4-14-7-11-16(18)12-8-14/h1-12H,17-18H2/b3-1+,4-2+. The van der Waals surface area contributed by atoms with Crippen LogP contribution in [0.15, 0.2) is 60.7 Å². The zero-order valence-corrected chi connectivity index (χ0v) is 10.1. The Bertz CT molecular complexity index is 495. The van der Waals surface area contributed by atoms with Gasteiger partial charge in [0, 0.05) is 11.4 Å². The highest BCUT2D eigenvalue weighted by Crippen LogP contribution is 2.09. The van der Waals surface area contributed by atoms with E-state index < -0.39 is 0 Å². The second-order valence-electron chi connectivity index (χ2n) is 4.05. The maximum Gasteiger partial charge on any atom is 0.0314 e. The molecule has 0 saturated carbocycles. The normalized spacial score (nSPS) is 11.3. The number of nitrogen functional groups attached to an aromatic ring is 2. The van der Waals surface area contributed by atoms with Crippen molar-refractivity contribution in [3.63, 3.8) is 0 Å². The van der Waals surface area contributed by atoms with E-state index in [1.165, 1.54) is 0 Å². The lowest BCUT2D eigenvalue weighted by molar-refractivity contribution is 1.64. The van der Waals surface area contributed by atoms with Gasteiger partial charge in [0.2, 0.25) is 0 Å². The van der Waals surface area contributed by atoms with Gasteiger partial charge in [-0.05, 0) is 35.4 Å². The first-order chi connectivity index (χ1) is 8.74. The van der Waals surface area contributed by atoms with E-state index in [1.54, 1.807) is 0 Å². The van der Waals surface area contributed by atoms with E-state index in [4.69, 9.17) is 11.5 Å². The van der Waals surface area contributed by atoms with Gasteiger partial charge in [-0.15, -0.1) is 0 Å². The largest absolute Gasteiger partial charge is 0.399 e. The van der Waals surface area contributed by atoms with Gasteiger partial charge in [-0.2, -0.15) is 0 Å². The van der Waals surface area contributed by atoms with Gasteiger partial charge in [0.05, 0.1) is 0 Å². The summed E-state index contributed by atoms with van der Waals surface area (Å²) in [5.74, 6) is 0. The van der Waals surface area contributed by atoms with Crippen molar-refractivity contribution in [2.75, 3.05) is 11.5 Å². The molecule has 90 valence electrons. The third-order valence-electron chi connectivity index (χ3n) is 2.56. The minimum Gasteiger partial charge on any atom is -0.399 e. The van der Waals surface area contributed by atoms with E-state index >= 15 is 0 Å².